The highest BCUT2D eigenvalue weighted by atomic mass is 16.8. The number of hydrogen-bond acceptors (Lipinski definition) is 33. The van der Waals surface area contributed by atoms with Crippen molar-refractivity contribution in [3.8, 4) is 0 Å². The highest BCUT2D eigenvalue weighted by Crippen LogP contribution is 2.32. The lowest BCUT2D eigenvalue weighted by Crippen LogP contribution is -2.65. The van der Waals surface area contributed by atoms with Crippen LogP contribution in [0.3, 0.4) is 0 Å². The van der Waals surface area contributed by atoms with Gasteiger partial charge in [0.15, 0.2) is 66.7 Å². The van der Waals surface area contributed by atoms with E-state index in [2.05, 4.69) is 82.9 Å². The van der Waals surface area contributed by atoms with Crippen LogP contribution in [0.4, 0.5) is 46.7 Å². The average molecular weight is 1760 g/mol. The zero-order valence-electron chi connectivity index (χ0n) is 71.5. The largest absolute Gasteiger partial charge is 0.508 e. The van der Waals surface area contributed by atoms with Gasteiger partial charge < -0.3 is 135 Å². The minimum Gasteiger partial charge on any atom is -0.490 e. The first-order valence-electron chi connectivity index (χ1n) is 40.3. The second-order valence-corrected chi connectivity index (χ2v) is 29.8. The van der Waals surface area contributed by atoms with Crippen LogP contribution in [0.2, 0.25) is 40.9 Å². The Morgan fingerprint density at radius 1 is 0.417 bits per heavy atom. The Bertz CT molecular complexity index is 4490. The highest BCUT2D eigenvalue weighted by Gasteiger charge is 2.52. The number of aryl methyl sites for hydroxylation is 4. The van der Waals surface area contributed by atoms with Crippen molar-refractivity contribution in [1.82, 2.24) is 47.6 Å². The summed E-state index contributed by atoms with van der Waals surface area (Å²) in [6.07, 6.45) is -4.54. The van der Waals surface area contributed by atoms with Crippen molar-refractivity contribution < 1.29 is 135 Å². The molecule has 0 spiro atoms. The number of rotatable bonds is 30. The van der Waals surface area contributed by atoms with Crippen molar-refractivity contribution >= 4 is 143 Å². The molecule has 0 unspecified atom stereocenters. The Morgan fingerprint density at radius 3 is 0.953 bits per heavy atom. The van der Waals surface area contributed by atoms with Gasteiger partial charge in [0.2, 0.25) is 29.9 Å². The zero-order chi connectivity index (χ0) is 92.7. The number of guanidine groups is 3. The molecule has 4 aromatic rings. The molecule has 0 saturated carbocycles. The molecule has 50 heteroatoms. The molecule has 6 aliphatic rings. The second-order valence-electron chi connectivity index (χ2n) is 29.8. The second kappa shape index (κ2) is 48.4. The number of benzene rings is 4. The predicted octanol–water partition coefficient (Wildman–Crippen LogP) is 1.46. The van der Waals surface area contributed by atoms with Gasteiger partial charge in [-0.25, -0.2) is 33.6 Å². The Kier molecular flexibility index (Phi) is 37.9. The minimum absolute atomic E-state index is 0.0156. The lowest BCUT2D eigenvalue weighted by molar-refractivity contribution is -0.125. The number of aliphatic hydroxyl groups is 1. The number of carbonyl (C=O) groups is 8. The fourth-order valence-electron chi connectivity index (χ4n) is 13.7. The van der Waals surface area contributed by atoms with Gasteiger partial charge in [0.1, 0.15) is 25.9 Å². The molecule has 3 saturated heterocycles. The van der Waals surface area contributed by atoms with Gasteiger partial charge in [-0.2, -0.15) is 9.98 Å². The van der Waals surface area contributed by atoms with Gasteiger partial charge in [0.25, 0.3) is 0 Å². The Labute approximate surface area is 732 Å². The third-order valence-electron chi connectivity index (χ3n) is 18.9. The first kappa shape index (κ1) is 99.4. The molecule has 5 amide bonds. The first-order chi connectivity index (χ1) is 60.3. The molecule has 0 aromatic heterocycles. The van der Waals surface area contributed by atoms with Crippen LogP contribution >= 0.6 is 0 Å². The van der Waals surface area contributed by atoms with E-state index in [4.69, 9.17) is 52.1 Å². The van der Waals surface area contributed by atoms with Crippen molar-refractivity contribution in [1.29, 1.82) is 0 Å². The van der Waals surface area contributed by atoms with E-state index >= 15 is 0 Å². The quantitative estimate of drug-likeness (QED) is 0.00877. The van der Waals surface area contributed by atoms with Gasteiger partial charge >= 0.3 is 73.0 Å². The summed E-state index contributed by atoms with van der Waals surface area (Å²) in [7, 11) is -6.57. The van der Waals surface area contributed by atoms with Crippen molar-refractivity contribution in [3.63, 3.8) is 0 Å². The molecule has 127 heavy (non-hydrogen) atoms. The third-order valence-corrected chi connectivity index (χ3v) is 18.9. The Morgan fingerprint density at radius 2 is 0.693 bits per heavy atom. The molecule has 0 aliphatic carbocycles. The van der Waals surface area contributed by atoms with Crippen molar-refractivity contribution in [2.75, 3.05) is 30.5 Å². The molecule has 18 N–H and O–H groups in total. The Balaban J connectivity index is 0.000000327. The number of ether oxygens (including phenoxy) is 11. The number of hydrogen-bond donors (Lipinski definition) is 18. The van der Waals surface area contributed by atoms with Crippen LogP contribution in [0.1, 0.15) is 63.8 Å². The maximum atomic E-state index is 13.6. The molecule has 676 valence electrons. The van der Waals surface area contributed by atoms with Gasteiger partial charge in [0, 0.05) is 32.1 Å². The summed E-state index contributed by atoms with van der Waals surface area (Å²) in [6, 6.07) is 23.7. The van der Waals surface area contributed by atoms with Crippen LogP contribution in [0.25, 0.3) is 0 Å². The molecule has 6 aliphatic heterocycles. The number of anilines is 2. The number of amides is 5. The summed E-state index contributed by atoms with van der Waals surface area (Å²) in [4.78, 5) is 139. The van der Waals surface area contributed by atoms with Gasteiger partial charge in [-0.05, 0) is 176 Å². The molecule has 15 atom stereocenters. The standard InChI is InChI=1S/C46H64B4N10O18.C16H12N2O2.C15H26B2N4O8/c1-23-19-31(55-41(57-47(5)67)58-48(6)68)35(51-25(3)61)39(73-23)37(33-21-71-45(65)75-33)77-43(63)53-29-15-11-27(12-16-29)9-10-28-13-17-30(18-14-28)54-44(64)78-38(34-22-72-46(66)76-34)40-36(52-26(4)62)32(20-24(2)74-40)56-42(59-49(7)69)60-50(8)70;19-11-17-15-7-3-13(4-8-15)1-2-14-5-9-16(10-6-14)18-12-20;1-7-5-9(19-14(20-16(3)25)21-17(4)26)11(18-8(2)22)13(28-7)12(23)10-6-27-15(24)29-10/h11-20,31-40,67-70H,9-10,21-22H2,1-8H3,(H,51,61)(H,52,62)(H,53,63)(H,54,64)(H2,55,57,58)(H2,56,59,60);3-10H,1-2H2;5,9-13,23,25-26H,6H2,1-4H3,(H,18,22)(H2,19,20,21)/t31-,32-,33+,34+,35+,36+,37+,38+,39+,40+;;9-,10+,11+,12+,13+/m0.0/s1. The van der Waals surface area contributed by atoms with Crippen LogP contribution < -0.4 is 58.2 Å². The van der Waals surface area contributed by atoms with Crippen LogP contribution in [0.15, 0.2) is 157 Å². The fraction of sp³-hybridized carbons (Fsp3) is 0.442. The molecule has 4 aromatic carbocycles. The van der Waals surface area contributed by atoms with E-state index in [0.29, 0.717) is 52.9 Å². The van der Waals surface area contributed by atoms with Gasteiger partial charge in [0.05, 0.1) is 64.9 Å². The molecular formula is C77H102B6N16O28. The maximum Gasteiger partial charge on any atom is 0.508 e. The molecular weight excluding hydrogens is 1660 g/mol. The van der Waals surface area contributed by atoms with E-state index in [1.165, 1.54) is 85.0 Å². The summed E-state index contributed by atoms with van der Waals surface area (Å²) >= 11 is 0. The maximum absolute atomic E-state index is 13.6. The molecule has 10 rings (SSSR count). The Hall–Kier alpha value is -13.1. The number of isocyanates is 2. The molecule has 0 bridgehead atoms. The summed E-state index contributed by atoms with van der Waals surface area (Å²) in [6.45, 7) is 16.6. The topological polar surface area (TPSA) is 608 Å². The number of aliphatic hydroxyl groups excluding tert-OH is 1. The third kappa shape index (κ3) is 32.8. The highest BCUT2D eigenvalue weighted by molar-refractivity contribution is 6.54. The monoisotopic (exact) mass is 1760 g/mol. The van der Waals surface area contributed by atoms with E-state index < -0.39 is 176 Å². The number of cyclic esters (lactones) is 6. The predicted molar refractivity (Wildman–Crippen MR) is 463 cm³/mol. The zero-order valence-corrected chi connectivity index (χ0v) is 71.5. The number of nitrogens with one attached hydrogen (secondary N) is 11. The van der Waals surface area contributed by atoms with Crippen LogP contribution in [0.5, 0.6) is 0 Å². The molecule has 6 heterocycles. The van der Waals surface area contributed by atoms with Crippen molar-refractivity contribution in [2.45, 2.75) is 199 Å². The molecule has 0 radical (unpaired) electrons. The van der Waals surface area contributed by atoms with Gasteiger partial charge in [-0.3, -0.25) is 39.7 Å². The summed E-state index contributed by atoms with van der Waals surface area (Å²) in [5, 5.41) is 101. The first-order valence-corrected chi connectivity index (χ1v) is 40.3. The smallest absolute Gasteiger partial charge is 0.490 e. The summed E-state index contributed by atoms with van der Waals surface area (Å²) < 4.78 is 60.3. The lowest BCUT2D eigenvalue weighted by atomic mass is 9.87. The van der Waals surface area contributed by atoms with Crippen LogP contribution in [-0.2, 0) is 102 Å². The fourth-order valence-corrected chi connectivity index (χ4v) is 13.7. The van der Waals surface area contributed by atoms with E-state index in [1.807, 2.05) is 24.3 Å². The van der Waals surface area contributed by atoms with Gasteiger partial charge in [-0.1, -0.05) is 48.5 Å². The van der Waals surface area contributed by atoms with Crippen LogP contribution in [-0.4, -0.2) is 267 Å². The number of carbonyl (C=O) groups excluding carboxylic acids is 10. The van der Waals surface area contributed by atoms with E-state index in [1.54, 1.807) is 112 Å². The van der Waals surface area contributed by atoms with Crippen molar-refractivity contribution in [2.24, 2.45) is 24.7 Å². The number of aliphatic imine (C=N–C) groups is 2. The van der Waals surface area contributed by atoms with Crippen molar-refractivity contribution in [3.05, 3.63) is 155 Å². The number of allylic oxidation sites excluding steroid dienone is 3. The van der Waals surface area contributed by atoms with Crippen LogP contribution in [0, 0.1) is 0 Å². The van der Waals surface area contributed by atoms with E-state index in [0.717, 1.165) is 24.0 Å². The summed E-state index contributed by atoms with van der Waals surface area (Å²) in [5.74, 6) is -0.198. The molecule has 3 fully saturated rings. The van der Waals surface area contributed by atoms with E-state index in [-0.39, 0.29) is 43.6 Å². The SMILES string of the molecule is CB(O)N=C(NB(C)O)N[C@H]1C=C(C)O[C@@H]([C@H](O)[C@H]2COC(=O)O2)[C@@H]1NC(C)=O.CB(O)N=C(NB(C)O)N[C@H]1C=C(C)O[C@@H]([C@H](OC(=O)Nc2ccc(CCc3ccc(NC(=O)O[C@@H]([C@@H]4OC(C)=C[C@H](NC(=NB(C)O)NB(C)O)[C@H]4NC(C)=O)[C@H]4COC(=O)O4)cc3)cc2)[C@H]2COC(=O)O2)[C@@H]1NC(C)=O.O=C=Nc1ccc(CCc2ccc(N=C=O)cc2)cc1. The number of nitrogens with zero attached hydrogens (tertiary/aromatic N) is 5. The van der Waals surface area contributed by atoms with E-state index in [9.17, 15) is 83.2 Å². The lowest BCUT2D eigenvalue weighted by Gasteiger charge is -2.41. The summed E-state index contributed by atoms with van der Waals surface area (Å²) in [5.41, 5.74) is 6.09. The normalized spacial score (nSPS) is 22.2. The average Bonchev–Trinajstić information content (AvgIpc) is 1.74. The molecule has 44 nitrogen and oxygen atoms in total. The van der Waals surface area contributed by atoms with Gasteiger partial charge in [-0.15, -0.1) is 0 Å². The minimum atomic E-state index is -1.35.